The van der Waals surface area contributed by atoms with Gasteiger partial charge >= 0.3 is 0 Å². The van der Waals surface area contributed by atoms with Crippen molar-refractivity contribution in [3.63, 3.8) is 0 Å². The molecule has 1 amide bonds. The molecule has 3 rings (SSSR count). The van der Waals surface area contributed by atoms with E-state index in [-0.39, 0.29) is 5.91 Å². The number of aryl methyl sites for hydroxylation is 1. The van der Waals surface area contributed by atoms with Crippen LogP contribution in [0.15, 0.2) is 42.5 Å². The summed E-state index contributed by atoms with van der Waals surface area (Å²) in [6.45, 7) is 4.25. The normalized spacial score (nSPS) is 17.5. The molecule has 1 aliphatic heterocycles. The van der Waals surface area contributed by atoms with Gasteiger partial charge in [0.1, 0.15) is 0 Å². The molecule has 138 valence electrons. The minimum Gasteiger partial charge on any atom is -0.341 e. The average Bonchev–Trinajstić information content (AvgIpc) is 2.61. The smallest absolute Gasteiger partial charge is 0.236 e. The zero-order chi connectivity index (χ0) is 18.5. The van der Waals surface area contributed by atoms with Crippen molar-refractivity contribution in [2.45, 2.75) is 32.1 Å². The van der Waals surface area contributed by atoms with E-state index in [4.69, 9.17) is 4.98 Å². The molecule has 4 nitrogen and oxygen atoms in total. The highest BCUT2D eigenvalue weighted by Gasteiger charge is 2.25. The molecule has 0 spiro atoms. The van der Waals surface area contributed by atoms with Crippen LogP contribution in [0.25, 0.3) is 0 Å². The molecule has 1 aliphatic rings. The number of rotatable bonds is 5. The third kappa shape index (κ3) is 4.92. The van der Waals surface area contributed by atoms with Crippen molar-refractivity contribution in [2.75, 3.05) is 33.7 Å². The van der Waals surface area contributed by atoms with Crippen LogP contribution in [0.3, 0.4) is 0 Å². The number of hydrogen-bond acceptors (Lipinski definition) is 3. The second kappa shape index (κ2) is 8.45. The first-order valence-corrected chi connectivity index (χ1v) is 9.45. The van der Waals surface area contributed by atoms with Crippen molar-refractivity contribution >= 4 is 5.91 Å². The number of piperidine rings is 1. The van der Waals surface area contributed by atoms with Gasteiger partial charge in [0.2, 0.25) is 5.91 Å². The fourth-order valence-electron chi connectivity index (χ4n) is 3.67. The van der Waals surface area contributed by atoms with Gasteiger partial charge in [-0.3, -0.25) is 9.78 Å². The Morgan fingerprint density at radius 1 is 1.23 bits per heavy atom. The van der Waals surface area contributed by atoms with Gasteiger partial charge in [-0.1, -0.05) is 35.9 Å². The Kier molecular flexibility index (Phi) is 6.04. The van der Waals surface area contributed by atoms with Crippen LogP contribution in [0.2, 0.25) is 0 Å². The van der Waals surface area contributed by atoms with Crippen molar-refractivity contribution in [1.29, 1.82) is 0 Å². The first-order valence-electron chi connectivity index (χ1n) is 9.45. The van der Waals surface area contributed by atoms with E-state index in [0.29, 0.717) is 12.5 Å². The van der Waals surface area contributed by atoms with Crippen LogP contribution in [0.1, 0.15) is 41.3 Å². The highest BCUT2D eigenvalue weighted by molar-refractivity contribution is 5.78. The van der Waals surface area contributed by atoms with Gasteiger partial charge in [-0.2, -0.15) is 0 Å². The SMILES string of the molecule is Cc1cccc(Cc2cccc([C@@H]3CCCN(C(=O)CN(C)C)C3)n2)c1. The molecule has 4 heteroatoms. The molecule has 0 N–H and O–H groups in total. The topological polar surface area (TPSA) is 36.4 Å². The maximum absolute atomic E-state index is 12.4. The summed E-state index contributed by atoms with van der Waals surface area (Å²) in [5.74, 6) is 0.558. The van der Waals surface area contributed by atoms with Gasteiger partial charge in [0.15, 0.2) is 0 Å². The van der Waals surface area contributed by atoms with Crippen LogP contribution in [0.5, 0.6) is 0 Å². The molecule has 0 aliphatic carbocycles. The fraction of sp³-hybridized carbons (Fsp3) is 0.455. The monoisotopic (exact) mass is 351 g/mol. The maximum Gasteiger partial charge on any atom is 0.236 e. The summed E-state index contributed by atoms with van der Waals surface area (Å²) in [5, 5.41) is 0. The van der Waals surface area contributed by atoms with Crippen molar-refractivity contribution in [3.8, 4) is 0 Å². The van der Waals surface area contributed by atoms with Crippen LogP contribution >= 0.6 is 0 Å². The molecule has 1 aromatic heterocycles. The summed E-state index contributed by atoms with van der Waals surface area (Å²) < 4.78 is 0. The van der Waals surface area contributed by atoms with Gasteiger partial charge in [0, 0.05) is 36.8 Å². The standard InChI is InChI=1S/C22H29N3O/c1-17-7-4-8-18(13-17)14-20-10-5-11-21(23-20)19-9-6-12-25(15-19)22(26)16-24(2)3/h4-5,7-8,10-11,13,19H,6,9,12,14-16H2,1-3H3/t19-/m1/s1. The predicted molar refractivity (Wildman–Crippen MR) is 105 cm³/mol. The number of likely N-dealkylation sites (tertiary alicyclic amines) is 1. The lowest BCUT2D eigenvalue weighted by molar-refractivity contribution is -0.133. The van der Waals surface area contributed by atoms with E-state index in [0.717, 1.165) is 43.7 Å². The minimum absolute atomic E-state index is 0.218. The second-order valence-electron chi connectivity index (χ2n) is 7.64. The summed E-state index contributed by atoms with van der Waals surface area (Å²) in [6.07, 6.45) is 3.01. The van der Waals surface area contributed by atoms with E-state index in [1.54, 1.807) is 0 Å². The van der Waals surface area contributed by atoms with Crippen LogP contribution in [0, 0.1) is 6.92 Å². The first kappa shape index (κ1) is 18.6. The van der Waals surface area contributed by atoms with Gasteiger partial charge in [-0.25, -0.2) is 0 Å². The van der Waals surface area contributed by atoms with E-state index >= 15 is 0 Å². The van der Waals surface area contributed by atoms with Gasteiger partial charge in [-0.15, -0.1) is 0 Å². The van der Waals surface area contributed by atoms with Gasteiger partial charge < -0.3 is 9.80 Å². The quantitative estimate of drug-likeness (QED) is 0.830. The number of likely N-dealkylation sites (N-methyl/N-ethyl adjacent to an activating group) is 1. The summed E-state index contributed by atoms with van der Waals surface area (Å²) in [5.41, 5.74) is 4.80. The third-order valence-corrected chi connectivity index (χ3v) is 4.94. The summed E-state index contributed by atoms with van der Waals surface area (Å²) in [4.78, 5) is 21.3. The predicted octanol–water partition coefficient (Wildman–Crippen LogP) is 3.25. The number of pyridine rings is 1. The summed E-state index contributed by atoms with van der Waals surface area (Å²) >= 11 is 0. The van der Waals surface area contributed by atoms with Gasteiger partial charge in [0.05, 0.1) is 6.54 Å². The number of amides is 1. The molecule has 1 saturated heterocycles. The number of nitrogens with zero attached hydrogens (tertiary/aromatic N) is 3. The Labute approximate surface area is 156 Å². The molecular weight excluding hydrogens is 322 g/mol. The number of aromatic nitrogens is 1. The molecular formula is C22H29N3O. The zero-order valence-corrected chi connectivity index (χ0v) is 16.1. The van der Waals surface area contributed by atoms with E-state index in [1.165, 1.54) is 11.1 Å². The molecule has 0 unspecified atom stereocenters. The largest absolute Gasteiger partial charge is 0.341 e. The third-order valence-electron chi connectivity index (χ3n) is 4.94. The van der Waals surface area contributed by atoms with Crippen molar-refractivity contribution in [3.05, 3.63) is 65.0 Å². The highest BCUT2D eigenvalue weighted by atomic mass is 16.2. The van der Waals surface area contributed by atoms with Crippen LogP contribution < -0.4 is 0 Å². The Bertz CT molecular complexity index is 757. The molecule has 0 radical (unpaired) electrons. The molecule has 1 fully saturated rings. The van der Waals surface area contributed by atoms with Crippen molar-refractivity contribution < 1.29 is 4.79 Å². The Hall–Kier alpha value is -2.20. The fourth-order valence-corrected chi connectivity index (χ4v) is 3.67. The van der Waals surface area contributed by atoms with E-state index in [2.05, 4.69) is 49.4 Å². The van der Waals surface area contributed by atoms with E-state index in [1.807, 2.05) is 23.9 Å². The minimum atomic E-state index is 0.218. The molecule has 26 heavy (non-hydrogen) atoms. The van der Waals surface area contributed by atoms with Crippen LogP contribution in [0.4, 0.5) is 0 Å². The van der Waals surface area contributed by atoms with E-state index < -0.39 is 0 Å². The van der Waals surface area contributed by atoms with Crippen molar-refractivity contribution in [2.24, 2.45) is 0 Å². The lowest BCUT2D eigenvalue weighted by Crippen LogP contribution is -2.43. The van der Waals surface area contributed by atoms with Gasteiger partial charge in [-0.05, 0) is 51.6 Å². The number of carbonyl (C=O) groups excluding carboxylic acids is 1. The lowest BCUT2D eigenvalue weighted by Gasteiger charge is -2.33. The second-order valence-corrected chi connectivity index (χ2v) is 7.64. The van der Waals surface area contributed by atoms with Crippen molar-refractivity contribution in [1.82, 2.24) is 14.8 Å². The molecule has 1 aromatic carbocycles. The summed E-state index contributed by atoms with van der Waals surface area (Å²) in [7, 11) is 3.88. The first-order chi connectivity index (χ1) is 12.5. The average molecular weight is 351 g/mol. The van der Waals surface area contributed by atoms with E-state index in [9.17, 15) is 4.79 Å². The van der Waals surface area contributed by atoms with Crippen LogP contribution in [-0.2, 0) is 11.2 Å². The molecule has 0 saturated carbocycles. The molecule has 0 bridgehead atoms. The molecule has 2 aromatic rings. The number of benzene rings is 1. The molecule has 2 heterocycles. The Morgan fingerprint density at radius 3 is 2.81 bits per heavy atom. The highest BCUT2D eigenvalue weighted by Crippen LogP contribution is 2.26. The zero-order valence-electron chi connectivity index (χ0n) is 16.1. The lowest BCUT2D eigenvalue weighted by atomic mass is 9.93. The summed E-state index contributed by atoms with van der Waals surface area (Å²) in [6, 6.07) is 14.9. The Balaban J connectivity index is 1.70. The molecule has 1 atom stereocenters. The Morgan fingerprint density at radius 2 is 2.04 bits per heavy atom. The maximum atomic E-state index is 12.4. The van der Waals surface area contributed by atoms with Gasteiger partial charge in [0.25, 0.3) is 0 Å². The number of carbonyl (C=O) groups is 1. The number of hydrogen-bond donors (Lipinski definition) is 0. The van der Waals surface area contributed by atoms with Crippen LogP contribution in [-0.4, -0.2) is 54.4 Å².